The molecule has 1 saturated carbocycles. The number of carbonyl (C=O) groups is 1. The lowest BCUT2D eigenvalue weighted by Crippen LogP contribution is -2.46. The summed E-state index contributed by atoms with van der Waals surface area (Å²) in [6.45, 7) is 4.11. The molecule has 0 aromatic carbocycles. The summed E-state index contributed by atoms with van der Waals surface area (Å²) in [5.41, 5.74) is 6.24. The highest BCUT2D eigenvalue weighted by atomic mass is 16.5. The number of alkyl carbamates (subject to hydrolysis) is 1. The molecule has 1 aromatic heterocycles. The first kappa shape index (κ1) is 20.7. The first-order valence-electron chi connectivity index (χ1n) is 9.81. The standard InChI is InChI=1S/C19H34N4O3/c1-13(2)16(23-19(25)26-12-18-21-8-9-22-18)11-17(24)15(20)10-14-6-4-3-5-7-14/h8-9,13-17,24H,3-7,10-12,20H2,1-2H3,(H,21,22)(H,23,25). The van der Waals surface area contributed by atoms with Crippen molar-refractivity contribution in [1.29, 1.82) is 0 Å². The Balaban J connectivity index is 1.76. The molecule has 26 heavy (non-hydrogen) atoms. The number of nitrogens with one attached hydrogen (secondary N) is 2. The lowest BCUT2D eigenvalue weighted by molar-refractivity contribution is 0.0916. The molecule has 3 unspecified atom stereocenters. The molecule has 0 radical (unpaired) electrons. The SMILES string of the molecule is CC(C)C(CC(O)C(N)CC1CCCCC1)NC(=O)OCc1ncc[nH]1. The highest BCUT2D eigenvalue weighted by molar-refractivity contribution is 5.67. The fraction of sp³-hybridized carbons (Fsp3) is 0.789. The third-order valence-corrected chi connectivity index (χ3v) is 5.32. The monoisotopic (exact) mass is 366 g/mol. The van der Waals surface area contributed by atoms with Gasteiger partial charge in [0.25, 0.3) is 0 Å². The van der Waals surface area contributed by atoms with Gasteiger partial charge in [0.05, 0.1) is 6.10 Å². The van der Waals surface area contributed by atoms with Gasteiger partial charge in [-0.3, -0.25) is 0 Å². The van der Waals surface area contributed by atoms with Gasteiger partial charge in [0.15, 0.2) is 6.61 Å². The Morgan fingerprint density at radius 1 is 1.42 bits per heavy atom. The van der Waals surface area contributed by atoms with Gasteiger partial charge in [-0.25, -0.2) is 9.78 Å². The summed E-state index contributed by atoms with van der Waals surface area (Å²) in [5.74, 6) is 1.38. The lowest BCUT2D eigenvalue weighted by atomic mass is 9.83. The number of aliphatic hydroxyl groups excluding tert-OH is 1. The Labute approximate surface area is 156 Å². The van der Waals surface area contributed by atoms with Gasteiger partial charge in [-0.05, 0) is 24.7 Å². The maximum Gasteiger partial charge on any atom is 0.407 e. The normalized spacial score (nSPS) is 19.1. The van der Waals surface area contributed by atoms with Crippen molar-refractivity contribution < 1.29 is 14.6 Å². The molecule has 1 aliphatic carbocycles. The van der Waals surface area contributed by atoms with E-state index in [0.717, 1.165) is 6.42 Å². The van der Waals surface area contributed by atoms with E-state index in [2.05, 4.69) is 15.3 Å². The van der Waals surface area contributed by atoms with Gasteiger partial charge < -0.3 is 25.9 Å². The van der Waals surface area contributed by atoms with E-state index in [1.807, 2.05) is 13.8 Å². The average Bonchev–Trinajstić information content (AvgIpc) is 3.13. The van der Waals surface area contributed by atoms with Crippen LogP contribution in [0, 0.1) is 11.8 Å². The van der Waals surface area contributed by atoms with E-state index in [0.29, 0.717) is 18.2 Å². The Bertz CT molecular complexity index is 515. The molecule has 1 aliphatic rings. The number of aliphatic hydroxyl groups is 1. The summed E-state index contributed by atoms with van der Waals surface area (Å²) < 4.78 is 5.17. The van der Waals surface area contributed by atoms with E-state index < -0.39 is 12.2 Å². The molecule has 1 fully saturated rings. The van der Waals surface area contributed by atoms with Crippen molar-refractivity contribution in [3.63, 3.8) is 0 Å². The molecular formula is C19H34N4O3. The number of imidazole rings is 1. The Hall–Kier alpha value is -1.60. The van der Waals surface area contributed by atoms with Gasteiger partial charge in [0.1, 0.15) is 5.82 Å². The number of aromatic amines is 1. The largest absolute Gasteiger partial charge is 0.441 e. The fourth-order valence-electron chi connectivity index (χ4n) is 3.60. The van der Waals surface area contributed by atoms with Crippen molar-refractivity contribution in [2.45, 2.75) is 83.6 Å². The van der Waals surface area contributed by atoms with Gasteiger partial charge in [-0.1, -0.05) is 46.0 Å². The van der Waals surface area contributed by atoms with Crippen molar-refractivity contribution in [2.24, 2.45) is 17.6 Å². The second-order valence-electron chi connectivity index (χ2n) is 7.81. The minimum absolute atomic E-state index is 0.0907. The minimum Gasteiger partial charge on any atom is -0.441 e. The van der Waals surface area contributed by atoms with Crippen molar-refractivity contribution in [2.75, 3.05) is 0 Å². The van der Waals surface area contributed by atoms with Crippen molar-refractivity contribution >= 4 is 6.09 Å². The van der Waals surface area contributed by atoms with Crippen LogP contribution in [0.2, 0.25) is 0 Å². The van der Waals surface area contributed by atoms with Crippen LogP contribution in [0.3, 0.4) is 0 Å². The van der Waals surface area contributed by atoms with E-state index >= 15 is 0 Å². The van der Waals surface area contributed by atoms with E-state index in [9.17, 15) is 9.90 Å². The van der Waals surface area contributed by atoms with E-state index in [-0.39, 0.29) is 24.6 Å². The van der Waals surface area contributed by atoms with E-state index in [4.69, 9.17) is 10.5 Å². The Morgan fingerprint density at radius 3 is 2.77 bits per heavy atom. The number of carbonyl (C=O) groups excluding carboxylic acids is 1. The van der Waals surface area contributed by atoms with Crippen molar-refractivity contribution in [1.82, 2.24) is 15.3 Å². The number of hydrogen-bond donors (Lipinski definition) is 4. The van der Waals surface area contributed by atoms with Crippen molar-refractivity contribution in [3.8, 4) is 0 Å². The number of nitrogens with two attached hydrogens (primary N) is 1. The predicted molar refractivity (Wildman–Crippen MR) is 100 cm³/mol. The molecule has 7 nitrogen and oxygen atoms in total. The van der Waals surface area contributed by atoms with Crippen LogP contribution in [0.4, 0.5) is 4.79 Å². The molecule has 7 heteroatoms. The molecule has 0 saturated heterocycles. The first-order chi connectivity index (χ1) is 12.5. The minimum atomic E-state index is -0.630. The number of nitrogens with zero attached hydrogens (tertiary/aromatic N) is 1. The van der Waals surface area contributed by atoms with Crippen LogP contribution < -0.4 is 11.1 Å². The zero-order chi connectivity index (χ0) is 18.9. The van der Waals surface area contributed by atoms with Gasteiger partial charge in [-0.15, -0.1) is 0 Å². The maximum atomic E-state index is 12.0. The molecule has 1 aromatic rings. The smallest absolute Gasteiger partial charge is 0.407 e. The number of hydrogen-bond acceptors (Lipinski definition) is 5. The molecule has 1 amide bonds. The zero-order valence-electron chi connectivity index (χ0n) is 16.0. The summed E-state index contributed by atoms with van der Waals surface area (Å²) in [7, 11) is 0. The number of aromatic nitrogens is 2. The van der Waals surface area contributed by atoms with Crippen molar-refractivity contribution in [3.05, 3.63) is 18.2 Å². The summed E-state index contributed by atoms with van der Waals surface area (Å²) in [6.07, 6.45) is 9.72. The van der Waals surface area contributed by atoms with Gasteiger partial charge in [0.2, 0.25) is 0 Å². The third-order valence-electron chi connectivity index (χ3n) is 5.32. The number of rotatable bonds is 9. The molecule has 2 rings (SSSR count). The second-order valence-corrected chi connectivity index (χ2v) is 7.81. The number of H-pyrrole nitrogens is 1. The van der Waals surface area contributed by atoms with Crippen LogP contribution in [0.15, 0.2) is 12.4 Å². The zero-order valence-corrected chi connectivity index (χ0v) is 16.0. The third kappa shape index (κ3) is 6.96. The fourth-order valence-corrected chi connectivity index (χ4v) is 3.60. The van der Waals surface area contributed by atoms with Crippen LogP contribution >= 0.6 is 0 Å². The summed E-state index contributed by atoms with van der Waals surface area (Å²) in [4.78, 5) is 18.9. The van der Waals surface area contributed by atoms with Gasteiger partial charge >= 0.3 is 6.09 Å². The molecule has 3 atom stereocenters. The van der Waals surface area contributed by atoms with Crippen LogP contribution in [0.25, 0.3) is 0 Å². The molecule has 0 spiro atoms. The summed E-state index contributed by atoms with van der Waals surface area (Å²) >= 11 is 0. The first-order valence-corrected chi connectivity index (χ1v) is 9.81. The summed E-state index contributed by atoms with van der Waals surface area (Å²) in [5, 5.41) is 13.4. The quantitative estimate of drug-likeness (QED) is 0.537. The highest BCUT2D eigenvalue weighted by Gasteiger charge is 2.26. The predicted octanol–water partition coefficient (Wildman–Crippen LogP) is 2.71. The van der Waals surface area contributed by atoms with Crippen LogP contribution in [0.1, 0.15) is 64.6 Å². The molecule has 0 aliphatic heterocycles. The maximum absolute atomic E-state index is 12.0. The van der Waals surface area contributed by atoms with Gasteiger partial charge in [-0.2, -0.15) is 0 Å². The number of amides is 1. The lowest BCUT2D eigenvalue weighted by Gasteiger charge is -2.30. The molecule has 1 heterocycles. The number of ether oxygens (including phenoxy) is 1. The van der Waals surface area contributed by atoms with Crippen LogP contribution in [0.5, 0.6) is 0 Å². The topological polar surface area (TPSA) is 113 Å². The average molecular weight is 367 g/mol. The van der Waals surface area contributed by atoms with Crippen LogP contribution in [-0.2, 0) is 11.3 Å². The highest BCUT2D eigenvalue weighted by Crippen LogP contribution is 2.28. The molecule has 0 bridgehead atoms. The molecular weight excluding hydrogens is 332 g/mol. The van der Waals surface area contributed by atoms with E-state index in [1.54, 1.807) is 12.4 Å². The summed E-state index contributed by atoms with van der Waals surface area (Å²) in [6, 6.07) is -0.438. The Morgan fingerprint density at radius 2 is 2.15 bits per heavy atom. The van der Waals surface area contributed by atoms with Gasteiger partial charge in [0, 0.05) is 24.5 Å². The Kier molecular flexibility index (Phi) is 8.38. The van der Waals surface area contributed by atoms with Crippen LogP contribution in [-0.4, -0.2) is 39.4 Å². The molecule has 148 valence electrons. The van der Waals surface area contributed by atoms with E-state index in [1.165, 1.54) is 32.1 Å². The second kappa shape index (κ2) is 10.5. The molecule has 5 N–H and O–H groups in total.